The van der Waals surface area contributed by atoms with Crippen molar-refractivity contribution < 1.29 is 4.42 Å². The van der Waals surface area contributed by atoms with Crippen molar-refractivity contribution in [2.75, 3.05) is 0 Å². The first-order valence-electron chi connectivity index (χ1n) is 16.0. The highest BCUT2D eigenvalue weighted by molar-refractivity contribution is 6.20. The van der Waals surface area contributed by atoms with Crippen LogP contribution in [0, 0.1) is 0 Å². The Morgan fingerprint density at radius 1 is 0.340 bits per heavy atom. The van der Waals surface area contributed by atoms with Gasteiger partial charge in [0.15, 0.2) is 0 Å². The summed E-state index contributed by atoms with van der Waals surface area (Å²) >= 11 is 0. The molecule has 10 rings (SSSR count). The number of aromatic nitrogens is 2. The number of para-hydroxylation sites is 4. The van der Waals surface area contributed by atoms with Crippen LogP contribution in [-0.4, -0.2) is 9.13 Å². The highest BCUT2D eigenvalue weighted by Gasteiger charge is 2.20. The van der Waals surface area contributed by atoms with Crippen LogP contribution in [0.2, 0.25) is 0 Å². The number of hydrogen-bond acceptors (Lipinski definition) is 1. The summed E-state index contributed by atoms with van der Waals surface area (Å²) in [7, 11) is 0. The summed E-state index contributed by atoms with van der Waals surface area (Å²) in [5.41, 5.74) is 12.2. The first-order valence-corrected chi connectivity index (χ1v) is 16.0. The molecule has 0 aliphatic heterocycles. The highest BCUT2D eigenvalue weighted by Crippen LogP contribution is 2.41. The molecule has 3 nitrogen and oxygen atoms in total. The van der Waals surface area contributed by atoms with E-state index in [1.165, 1.54) is 38.3 Å². The molecule has 3 aromatic heterocycles. The number of fused-ring (bicyclic) bond motifs is 8. The summed E-state index contributed by atoms with van der Waals surface area (Å²) in [5.74, 6) is 0. The van der Waals surface area contributed by atoms with E-state index in [0.717, 1.165) is 50.1 Å². The molecule has 10 aromatic rings. The fourth-order valence-electron chi connectivity index (χ4n) is 7.41. The lowest BCUT2D eigenvalue weighted by Crippen LogP contribution is -1.96. The largest absolute Gasteiger partial charge is 0.439 e. The topological polar surface area (TPSA) is 23.0 Å². The van der Waals surface area contributed by atoms with E-state index in [-0.39, 0.29) is 0 Å². The van der Waals surface area contributed by atoms with E-state index in [4.69, 9.17) is 4.42 Å². The van der Waals surface area contributed by atoms with Crippen LogP contribution in [0.5, 0.6) is 0 Å². The zero-order valence-corrected chi connectivity index (χ0v) is 25.5. The van der Waals surface area contributed by atoms with Crippen LogP contribution in [0.3, 0.4) is 0 Å². The lowest BCUT2D eigenvalue weighted by atomic mass is 9.97. The maximum absolute atomic E-state index is 6.63. The van der Waals surface area contributed by atoms with Gasteiger partial charge in [-0.2, -0.15) is 0 Å². The van der Waals surface area contributed by atoms with E-state index in [2.05, 4.69) is 173 Å². The summed E-state index contributed by atoms with van der Waals surface area (Å²) in [4.78, 5) is 0. The van der Waals surface area contributed by atoms with Crippen LogP contribution >= 0.6 is 0 Å². The summed E-state index contributed by atoms with van der Waals surface area (Å²) in [6.07, 6.45) is 0. The lowest BCUT2D eigenvalue weighted by molar-refractivity contribution is 0.645. The fourth-order valence-corrected chi connectivity index (χ4v) is 7.41. The standard InChI is InChI=1S/C44H28N2O/c1-3-13-29(14-4-1)31-25-32(30-23-24-41-38(28-30)35-17-7-10-20-39(35)45(41)33-15-5-2-6-16-33)27-34(26-31)46-40-21-11-8-18-36(40)43-37-19-9-12-22-42(37)47-44(43)46/h1-28H. The van der Waals surface area contributed by atoms with Gasteiger partial charge >= 0.3 is 0 Å². The van der Waals surface area contributed by atoms with Gasteiger partial charge < -0.3 is 8.98 Å². The van der Waals surface area contributed by atoms with Crippen LogP contribution in [0.1, 0.15) is 0 Å². The second kappa shape index (κ2) is 10.1. The Bertz CT molecular complexity index is 2780. The summed E-state index contributed by atoms with van der Waals surface area (Å²) in [6, 6.07) is 60.7. The second-order valence-electron chi connectivity index (χ2n) is 12.2. The molecule has 0 amide bonds. The molecule has 0 spiro atoms. The van der Waals surface area contributed by atoms with Crippen molar-refractivity contribution in [1.29, 1.82) is 0 Å². The van der Waals surface area contributed by atoms with Crippen molar-refractivity contribution in [3.05, 3.63) is 170 Å². The lowest BCUT2D eigenvalue weighted by Gasteiger charge is -2.13. The SMILES string of the molecule is c1ccc(-c2cc(-c3ccc4c(c3)c3ccccc3n4-c3ccccc3)cc(-n3c4ccccc4c4c5ccccc5oc43)c2)cc1. The molecular formula is C44H28N2O. The molecule has 0 aliphatic rings. The molecule has 220 valence electrons. The molecule has 0 aliphatic carbocycles. The third-order valence-corrected chi connectivity index (χ3v) is 9.50. The van der Waals surface area contributed by atoms with Gasteiger partial charge in [-0.05, 0) is 82.9 Å². The minimum absolute atomic E-state index is 0.866. The normalized spacial score (nSPS) is 11.8. The molecule has 0 saturated carbocycles. The Morgan fingerprint density at radius 2 is 0.936 bits per heavy atom. The van der Waals surface area contributed by atoms with Gasteiger partial charge in [0.1, 0.15) is 5.58 Å². The van der Waals surface area contributed by atoms with E-state index >= 15 is 0 Å². The first kappa shape index (κ1) is 26.0. The van der Waals surface area contributed by atoms with Gasteiger partial charge in [0.25, 0.3) is 0 Å². The molecule has 0 fully saturated rings. The number of hydrogen-bond donors (Lipinski definition) is 0. The molecule has 47 heavy (non-hydrogen) atoms. The Kier molecular flexibility index (Phi) is 5.57. The van der Waals surface area contributed by atoms with Crippen molar-refractivity contribution >= 4 is 54.8 Å². The molecule has 0 radical (unpaired) electrons. The Labute approximate surface area is 271 Å². The third-order valence-electron chi connectivity index (χ3n) is 9.50. The van der Waals surface area contributed by atoms with Gasteiger partial charge in [-0.1, -0.05) is 109 Å². The molecular weight excluding hydrogens is 572 g/mol. The maximum Gasteiger partial charge on any atom is 0.213 e. The average Bonchev–Trinajstić information content (AvgIpc) is 3.79. The van der Waals surface area contributed by atoms with E-state index in [9.17, 15) is 0 Å². The summed E-state index contributed by atoms with van der Waals surface area (Å²) in [6.45, 7) is 0. The zero-order chi connectivity index (χ0) is 30.9. The van der Waals surface area contributed by atoms with Crippen LogP contribution in [0.15, 0.2) is 174 Å². The third kappa shape index (κ3) is 3.93. The van der Waals surface area contributed by atoms with Crippen LogP contribution < -0.4 is 0 Å². The number of furan rings is 1. The van der Waals surface area contributed by atoms with Crippen LogP contribution in [0.4, 0.5) is 0 Å². The predicted octanol–water partition coefficient (Wildman–Crippen LogP) is 12.0. The van der Waals surface area contributed by atoms with Crippen molar-refractivity contribution in [3.8, 4) is 33.6 Å². The minimum atomic E-state index is 0.866. The Balaban J connectivity index is 1.26. The number of rotatable bonds is 4. The van der Waals surface area contributed by atoms with Crippen molar-refractivity contribution in [2.24, 2.45) is 0 Å². The molecule has 0 N–H and O–H groups in total. The van der Waals surface area contributed by atoms with Gasteiger partial charge in [-0.15, -0.1) is 0 Å². The van der Waals surface area contributed by atoms with Gasteiger partial charge in [0, 0.05) is 27.2 Å². The highest BCUT2D eigenvalue weighted by atomic mass is 16.3. The van der Waals surface area contributed by atoms with Crippen molar-refractivity contribution in [2.45, 2.75) is 0 Å². The number of nitrogens with zero attached hydrogens (tertiary/aromatic N) is 2. The summed E-state index contributed by atoms with van der Waals surface area (Å²) in [5, 5.41) is 5.96. The molecule has 3 heterocycles. The predicted molar refractivity (Wildman–Crippen MR) is 196 cm³/mol. The fraction of sp³-hybridized carbons (Fsp3) is 0. The zero-order valence-electron chi connectivity index (χ0n) is 25.5. The van der Waals surface area contributed by atoms with Crippen molar-refractivity contribution in [1.82, 2.24) is 9.13 Å². The van der Waals surface area contributed by atoms with Gasteiger partial charge in [0.05, 0.1) is 27.6 Å². The molecule has 0 atom stereocenters. The van der Waals surface area contributed by atoms with Gasteiger partial charge in [0.2, 0.25) is 5.71 Å². The Morgan fingerprint density at radius 3 is 1.72 bits per heavy atom. The van der Waals surface area contributed by atoms with E-state index in [0.29, 0.717) is 0 Å². The van der Waals surface area contributed by atoms with Crippen LogP contribution in [-0.2, 0) is 0 Å². The average molecular weight is 601 g/mol. The molecule has 3 heteroatoms. The molecule has 0 saturated heterocycles. The van der Waals surface area contributed by atoms with E-state index in [1.807, 2.05) is 6.07 Å². The summed E-state index contributed by atoms with van der Waals surface area (Å²) < 4.78 is 11.3. The smallest absolute Gasteiger partial charge is 0.213 e. The van der Waals surface area contributed by atoms with E-state index in [1.54, 1.807) is 0 Å². The number of benzene rings is 7. The molecule has 0 bridgehead atoms. The first-order chi connectivity index (χ1) is 23.3. The maximum atomic E-state index is 6.63. The Hall–Kier alpha value is -6.32. The van der Waals surface area contributed by atoms with Crippen LogP contribution in [0.25, 0.3) is 88.4 Å². The van der Waals surface area contributed by atoms with Gasteiger partial charge in [-0.25, -0.2) is 0 Å². The minimum Gasteiger partial charge on any atom is -0.439 e. The monoisotopic (exact) mass is 600 g/mol. The molecule has 7 aromatic carbocycles. The van der Waals surface area contributed by atoms with E-state index < -0.39 is 0 Å². The second-order valence-corrected chi connectivity index (χ2v) is 12.2. The molecule has 0 unspecified atom stereocenters. The quantitative estimate of drug-likeness (QED) is 0.197. The van der Waals surface area contributed by atoms with Gasteiger partial charge in [-0.3, -0.25) is 4.57 Å². The van der Waals surface area contributed by atoms with Crippen molar-refractivity contribution in [3.63, 3.8) is 0 Å².